The molecule has 0 N–H and O–H groups in total. The van der Waals surface area contributed by atoms with Gasteiger partial charge in [-0.1, -0.05) is 0 Å². The van der Waals surface area contributed by atoms with Gasteiger partial charge in [-0.15, -0.1) is 22.7 Å². The fraction of sp³-hybridized carbons (Fsp3) is 0.550. The number of morpholine rings is 1. The van der Waals surface area contributed by atoms with Crippen molar-refractivity contribution < 1.29 is 14.3 Å². The molecule has 8 heteroatoms. The summed E-state index contributed by atoms with van der Waals surface area (Å²) in [7, 11) is 0. The second-order valence-corrected chi connectivity index (χ2v) is 9.79. The van der Waals surface area contributed by atoms with E-state index < -0.39 is 0 Å². The lowest BCUT2D eigenvalue weighted by molar-refractivity contribution is -0.127. The maximum absolute atomic E-state index is 12.8. The molecule has 0 unspecified atom stereocenters. The molecule has 1 spiro atoms. The molecule has 0 saturated carbocycles. The van der Waals surface area contributed by atoms with E-state index in [9.17, 15) is 9.59 Å². The van der Waals surface area contributed by atoms with E-state index in [4.69, 9.17) is 4.74 Å². The van der Waals surface area contributed by atoms with Gasteiger partial charge in [-0.25, -0.2) is 4.98 Å². The predicted octanol–water partition coefficient (Wildman–Crippen LogP) is 2.88. The number of aryl methyl sites for hydroxylation is 1. The van der Waals surface area contributed by atoms with Gasteiger partial charge >= 0.3 is 0 Å². The van der Waals surface area contributed by atoms with Crippen molar-refractivity contribution in [2.24, 2.45) is 0 Å². The Morgan fingerprint density at radius 1 is 1.32 bits per heavy atom. The van der Waals surface area contributed by atoms with Crippen LogP contribution in [0.1, 0.15) is 42.9 Å². The Labute approximate surface area is 173 Å². The van der Waals surface area contributed by atoms with E-state index in [1.54, 1.807) is 11.3 Å². The molecule has 2 saturated heterocycles. The van der Waals surface area contributed by atoms with Crippen molar-refractivity contribution in [3.63, 3.8) is 0 Å². The SMILES string of the molecule is Cc1nc(C(=O)N2CCOC3(CCN(CCc4ccc(C=O)s4)CC3)C2)cs1. The lowest BCUT2D eigenvalue weighted by Crippen LogP contribution is -2.58. The minimum atomic E-state index is -0.219. The minimum Gasteiger partial charge on any atom is -0.371 e. The van der Waals surface area contributed by atoms with Crippen molar-refractivity contribution in [3.8, 4) is 0 Å². The van der Waals surface area contributed by atoms with Gasteiger partial charge < -0.3 is 14.5 Å². The quantitative estimate of drug-likeness (QED) is 0.698. The van der Waals surface area contributed by atoms with Crippen LogP contribution in [0.4, 0.5) is 0 Å². The normalized spacial score (nSPS) is 19.8. The summed E-state index contributed by atoms with van der Waals surface area (Å²) in [5.74, 6) is 0.0260. The Balaban J connectivity index is 1.30. The van der Waals surface area contributed by atoms with Gasteiger partial charge in [-0.2, -0.15) is 0 Å². The summed E-state index contributed by atoms with van der Waals surface area (Å²) in [5, 5.41) is 2.77. The number of piperidine rings is 1. The van der Waals surface area contributed by atoms with E-state index in [2.05, 4.69) is 9.88 Å². The van der Waals surface area contributed by atoms with Gasteiger partial charge in [0, 0.05) is 36.4 Å². The first-order valence-corrected chi connectivity index (χ1v) is 11.4. The van der Waals surface area contributed by atoms with Crippen LogP contribution in [0, 0.1) is 6.92 Å². The largest absolute Gasteiger partial charge is 0.371 e. The van der Waals surface area contributed by atoms with Crippen LogP contribution in [0.25, 0.3) is 0 Å². The molecular formula is C20H25N3O3S2. The van der Waals surface area contributed by atoms with E-state index in [1.165, 1.54) is 16.2 Å². The van der Waals surface area contributed by atoms with E-state index in [0.717, 1.165) is 55.1 Å². The number of ether oxygens (including phenoxy) is 1. The zero-order valence-electron chi connectivity index (χ0n) is 16.1. The van der Waals surface area contributed by atoms with Crippen LogP contribution >= 0.6 is 22.7 Å². The standard InChI is InChI=1S/C20H25N3O3S2/c1-15-21-18(13-27-15)19(25)23-10-11-26-20(14-23)5-8-22(9-6-20)7-4-16-2-3-17(12-24)28-16/h2-3,12-13H,4-11,14H2,1H3. The maximum Gasteiger partial charge on any atom is 0.273 e. The summed E-state index contributed by atoms with van der Waals surface area (Å²) in [6.07, 6.45) is 3.77. The second kappa shape index (κ2) is 8.41. The van der Waals surface area contributed by atoms with Gasteiger partial charge in [-0.05, 0) is 38.3 Å². The molecule has 6 nitrogen and oxygen atoms in total. The van der Waals surface area contributed by atoms with Crippen LogP contribution in [-0.2, 0) is 11.2 Å². The van der Waals surface area contributed by atoms with E-state index in [1.807, 2.05) is 29.3 Å². The molecule has 1 amide bonds. The molecule has 2 aromatic heterocycles. The highest BCUT2D eigenvalue weighted by Crippen LogP contribution is 2.31. The predicted molar refractivity (Wildman–Crippen MR) is 111 cm³/mol. The lowest BCUT2D eigenvalue weighted by Gasteiger charge is -2.47. The Morgan fingerprint density at radius 2 is 2.14 bits per heavy atom. The summed E-state index contributed by atoms with van der Waals surface area (Å²) in [6.45, 7) is 6.76. The molecule has 2 aliphatic rings. The molecule has 0 atom stereocenters. The molecule has 0 radical (unpaired) electrons. The second-order valence-electron chi connectivity index (χ2n) is 7.52. The smallest absolute Gasteiger partial charge is 0.273 e. The molecule has 0 aromatic carbocycles. The number of hydrogen-bond acceptors (Lipinski definition) is 7. The number of likely N-dealkylation sites (tertiary alicyclic amines) is 1. The van der Waals surface area contributed by atoms with Crippen molar-refractivity contribution in [1.82, 2.24) is 14.8 Å². The molecule has 0 bridgehead atoms. The number of thiophene rings is 1. The Morgan fingerprint density at radius 3 is 2.82 bits per heavy atom. The first-order valence-electron chi connectivity index (χ1n) is 9.68. The molecule has 2 fully saturated rings. The number of aldehydes is 1. The van der Waals surface area contributed by atoms with Crippen molar-refractivity contribution in [2.45, 2.75) is 31.8 Å². The first-order chi connectivity index (χ1) is 13.6. The van der Waals surface area contributed by atoms with Gasteiger partial charge in [0.15, 0.2) is 6.29 Å². The van der Waals surface area contributed by atoms with Crippen LogP contribution < -0.4 is 0 Å². The number of aromatic nitrogens is 1. The lowest BCUT2D eigenvalue weighted by atomic mass is 9.89. The van der Waals surface area contributed by atoms with Crippen LogP contribution in [0.3, 0.4) is 0 Å². The Kier molecular flexibility index (Phi) is 5.91. The molecule has 28 heavy (non-hydrogen) atoms. The van der Waals surface area contributed by atoms with Crippen LogP contribution in [0.15, 0.2) is 17.5 Å². The van der Waals surface area contributed by atoms with Crippen molar-refractivity contribution >= 4 is 34.9 Å². The van der Waals surface area contributed by atoms with Crippen molar-refractivity contribution in [2.75, 3.05) is 39.3 Å². The summed E-state index contributed by atoms with van der Waals surface area (Å²) >= 11 is 3.09. The number of carbonyl (C=O) groups excluding carboxylic acids is 2. The molecule has 4 heterocycles. The molecule has 0 aliphatic carbocycles. The number of carbonyl (C=O) groups is 2. The van der Waals surface area contributed by atoms with E-state index in [0.29, 0.717) is 25.4 Å². The van der Waals surface area contributed by atoms with E-state index >= 15 is 0 Å². The van der Waals surface area contributed by atoms with Gasteiger partial charge in [0.25, 0.3) is 5.91 Å². The van der Waals surface area contributed by atoms with Crippen molar-refractivity contribution in [1.29, 1.82) is 0 Å². The molecule has 2 aromatic rings. The highest BCUT2D eigenvalue weighted by Gasteiger charge is 2.41. The van der Waals surface area contributed by atoms with E-state index in [-0.39, 0.29) is 11.5 Å². The third kappa shape index (κ3) is 4.35. The Hall–Kier alpha value is -1.61. The maximum atomic E-state index is 12.8. The fourth-order valence-corrected chi connectivity index (χ4v) is 5.39. The number of amides is 1. The fourth-order valence-electron chi connectivity index (χ4n) is 3.99. The molecule has 2 aliphatic heterocycles. The molecule has 150 valence electrons. The average molecular weight is 420 g/mol. The van der Waals surface area contributed by atoms with Crippen molar-refractivity contribution in [3.05, 3.63) is 38.0 Å². The summed E-state index contributed by atoms with van der Waals surface area (Å²) in [6, 6.07) is 3.94. The summed E-state index contributed by atoms with van der Waals surface area (Å²) in [4.78, 5) is 34.4. The minimum absolute atomic E-state index is 0.0260. The third-order valence-corrected chi connectivity index (χ3v) is 7.46. The van der Waals surface area contributed by atoms with Gasteiger partial charge in [-0.3, -0.25) is 9.59 Å². The number of rotatable bonds is 5. The zero-order chi connectivity index (χ0) is 19.6. The summed E-state index contributed by atoms with van der Waals surface area (Å²) < 4.78 is 6.18. The molecule has 4 rings (SSSR count). The van der Waals surface area contributed by atoms with Gasteiger partial charge in [0.2, 0.25) is 0 Å². The third-order valence-electron chi connectivity index (χ3n) is 5.61. The number of hydrogen-bond donors (Lipinski definition) is 0. The number of thiazole rings is 1. The first kappa shape index (κ1) is 19.7. The van der Waals surface area contributed by atoms with Gasteiger partial charge in [0.1, 0.15) is 5.69 Å². The van der Waals surface area contributed by atoms with Crippen LogP contribution in [0.5, 0.6) is 0 Å². The summed E-state index contributed by atoms with van der Waals surface area (Å²) in [5.41, 5.74) is 0.339. The van der Waals surface area contributed by atoms with Gasteiger partial charge in [0.05, 0.1) is 28.6 Å². The van der Waals surface area contributed by atoms with Crippen LogP contribution in [-0.4, -0.2) is 71.9 Å². The monoisotopic (exact) mass is 419 g/mol. The highest BCUT2D eigenvalue weighted by molar-refractivity contribution is 7.13. The number of nitrogens with zero attached hydrogens (tertiary/aromatic N) is 3. The molecular weight excluding hydrogens is 394 g/mol. The zero-order valence-corrected chi connectivity index (χ0v) is 17.7. The topological polar surface area (TPSA) is 62.7 Å². The highest BCUT2D eigenvalue weighted by atomic mass is 32.1. The average Bonchev–Trinajstić information content (AvgIpc) is 3.36. The van der Waals surface area contributed by atoms with Crippen LogP contribution in [0.2, 0.25) is 0 Å². The Bertz CT molecular complexity index is 839.